The third-order valence-electron chi connectivity index (χ3n) is 5.19. The molecule has 1 amide bonds. The van der Waals surface area contributed by atoms with Gasteiger partial charge in [0.05, 0.1) is 11.7 Å². The van der Waals surface area contributed by atoms with Crippen molar-refractivity contribution in [2.45, 2.75) is 13.0 Å². The number of anilines is 1. The van der Waals surface area contributed by atoms with Crippen LogP contribution in [-0.2, 0) is 0 Å². The Morgan fingerprint density at radius 3 is 2.78 bits per heavy atom. The van der Waals surface area contributed by atoms with Gasteiger partial charge >= 0.3 is 0 Å². The summed E-state index contributed by atoms with van der Waals surface area (Å²) in [6, 6.07) is 11.0. The van der Waals surface area contributed by atoms with Gasteiger partial charge in [-0.15, -0.1) is 0 Å². The van der Waals surface area contributed by atoms with Crippen LogP contribution in [0.5, 0.6) is 0 Å². The fourth-order valence-corrected chi connectivity index (χ4v) is 4.41. The number of nitrogens with one attached hydrogen (secondary N) is 1. The number of piperazine rings is 1. The highest BCUT2D eigenvalue weighted by molar-refractivity contribution is 7.17. The van der Waals surface area contributed by atoms with E-state index >= 15 is 0 Å². The number of benzene rings is 1. The Kier molecular flexibility index (Phi) is 5.05. The third kappa shape index (κ3) is 3.65. The number of fused-ring (bicyclic) bond motifs is 1. The van der Waals surface area contributed by atoms with E-state index in [1.165, 1.54) is 22.3 Å². The number of carbonyl (C=O) groups excluding carboxylic acids is 1. The SMILES string of the molecule is CNC(=O)c1cnc(N2CCN(C(C)c3ccc4cccnc4c3)CC2)s1. The van der Waals surface area contributed by atoms with Crippen molar-refractivity contribution in [3.8, 4) is 0 Å². The summed E-state index contributed by atoms with van der Waals surface area (Å²) in [5.41, 5.74) is 2.34. The molecule has 1 saturated heterocycles. The van der Waals surface area contributed by atoms with Crippen LogP contribution in [0.3, 0.4) is 0 Å². The molecule has 0 bridgehead atoms. The van der Waals surface area contributed by atoms with Crippen LogP contribution in [0.1, 0.15) is 28.2 Å². The maximum atomic E-state index is 11.7. The number of aromatic nitrogens is 2. The normalized spacial score (nSPS) is 16.4. The van der Waals surface area contributed by atoms with Crippen LogP contribution in [-0.4, -0.2) is 54.0 Å². The first-order valence-corrected chi connectivity index (χ1v) is 9.99. The third-order valence-corrected chi connectivity index (χ3v) is 6.25. The van der Waals surface area contributed by atoms with E-state index in [9.17, 15) is 4.79 Å². The van der Waals surface area contributed by atoms with Gasteiger partial charge in [-0.1, -0.05) is 29.5 Å². The second-order valence-electron chi connectivity index (χ2n) is 6.74. The number of carbonyl (C=O) groups is 1. The zero-order valence-electron chi connectivity index (χ0n) is 15.6. The van der Waals surface area contributed by atoms with Crippen LogP contribution in [0.15, 0.2) is 42.7 Å². The maximum Gasteiger partial charge on any atom is 0.262 e. The summed E-state index contributed by atoms with van der Waals surface area (Å²) in [4.78, 5) is 26.1. The summed E-state index contributed by atoms with van der Waals surface area (Å²) < 4.78 is 0. The van der Waals surface area contributed by atoms with Crippen molar-refractivity contribution in [1.82, 2.24) is 20.2 Å². The monoisotopic (exact) mass is 381 g/mol. The van der Waals surface area contributed by atoms with Gasteiger partial charge in [-0.3, -0.25) is 14.7 Å². The number of nitrogens with zero attached hydrogens (tertiary/aromatic N) is 4. The molecule has 1 aliphatic rings. The minimum Gasteiger partial charge on any atom is -0.354 e. The second-order valence-corrected chi connectivity index (χ2v) is 7.75. The lowest BCUT2D eigenvalue weighted by Gasteiger charge is -2.38. The van der Waals surface area contributed by atoms with E-state index in [0.717, 1.165) is 36.8 Å². The average Bonchev–Trinajstić information content (AvgIpc) is 3.22. The van der Waals surface area contributed by atoms with Gasteiger partial charge in [-0.25, -0.2) is 4.98 Å². The Morgan fingerprint density at radius 2 is 2.00 bits per heavy atom. The molecule has 1 N–H and O–H groups in total. The minimum atomic E-state index is -0.0732. The number of rotatable bonds is 4. The highest BCUT2D eigenvalue weighted by Gasteiger charge is 2.24. The van der Waals surface area contributed by atoms with E-state index in [0.29, 0.717) is 10.9 Å². The first kappa shape index (κ1) is 17.9. The molecular weight excluding hydrogens is 358 g/mol. The molecule has 0 radical (unpaired) electrons. The van der Waals surface area contributed by atoms with Crippen LogP contribution in [0.25, 0.3) is 10.9 Å². The lowest BCUT2D eigenvalue weighted by atomic mass is 10.0. The molecule has 1 aliphatic heterocycles. The largest absolute Gasteiger partial charge is 0.354 e. The molecule has 7 heteroatoms. The fourth-order valence-electron chi connectivity index (χ4n) is 3.49. The molecule has 27 heavy (non-hydrogen) atoms. The highest BCUT2D eigenvalue weighted by Crippen LogP contribution is 2.27. The molecule has 1 unspecified atom stereocenters. The number of hydrogen-bond donors (Lipinski definition) is 1. The highest BCUT2D eigenvalue weighted by atomic mass is 32.1. The predicted octanol–water partition coefficient (Wildman–Crippen LogP) is 2.93. The van der Waals surface area contributed by atoms with Crippen LogP contribution in [0, 0.1) is 0 Å². The Morgan fingerprint density at radius 1 is 1.19 bits per heavy atom. The zero-order chi connectivity index (χ0) is 18.8. The number of thiazole rings is 1. The lowest BCUT2D eigenvalue weighted by Crippen LogP contribution is -2.47. The molecular formula is C20H23N5OS. The first-order valence-electron chi connectivity index (χ1n) is 9.17. The van der Waals surface area contributed by atoms with Gasteiger partial charge in [-0.2, -0.15) is 0 Å². The summed E-state index contributed by atoms with van der Waals surface area (Å²) in [5.74, 6) is -0.0732. The molecule has 1 fully saturated rings. The molecule has 0 spiro atoms. The summed E-state index contributed by atoms with van der Waals surface area (Å²) in [7, 11) is 1.64. The minimum absolute atomic E-state index is 0.0732. The van der Waals surface area contributed by atoms with Gasteiger partial charge in [0.1, 0.15) is 4.88 Å². The topological polar surface area (TPSA) is 61.4 Å². The lowest BCUT2D eigenvalue weighted by molar-refractivity contribution is 0.0967. The van der Waals surface area contributed by atoms with Crippen LogP contribution >= 0.6 is 11.3 Å². The fraction of sp³-hybridized carbons (Fsp3) is 0.350. The zero-order valence-corrected chi connectivity index (χ0v) is 16.4. The average molecular weight is 382 g/mol. The molecule has 1 aromatic carbocycles. The van der Waals surface area contributed by atoms with Gasteiger partial charge in [0.15, 0.2) is 5.13 Å². The standard InChI is InChI=1S/C20H23N5OS/c1-14(16-6-5-15-4-3-7-22-17(15)12-16)24-8-10-25(11-9-24)20-23-13-18(27-20)19(26)21-2/h3-7,12-14H,8-11H2,1-2H3,(H,21,26). The van der Waals surface area contributed by atoms with E-state index < -0.39 is 0 Å². The quantitative estimate of drug-likeness (QED) is 0.753. The Hall–Kier alpha value is -2.51. The van der Waals surface area contributed by atoms with Crippen molar-refractivity contribution in [1.29, 1.82) is 0 Å². The van der Waals surface area contributed by atoms with Gasteiger partial charge in [0, 0.05) is 50.9 Å². The molecule has 3 aromatic rings. The van der Waals surface area contributed by atoms with E-state index in [4.69, 9.17) is 0 Å². The van der Waals surface area contributed by atoms with Crippen LogP contribution < -0.4 is 10.2 Å². The molecule has 1 atom stereocenters. The Balaban J connectivity index is 1.42. The number of amides is 1. The summed E-state index contributed by atoms with van der Waals surface area (Å²) >= 11 is 1.46. The van der Waals surface area contributed by atoms with Crippen molar-refractivity contribution < 1.29 is 4.79 Å². The summed E-state index contributed by atoms with van der Waals surface area (Å²) in [5, 5.41) is 4.75. The summed E-state index contributed by atoms with van der Waals surface area (Å²) in [6.45, 7) is 6.02. The van der Waals surface area contributed by atoms with Crippen molar-refractivity contribution >= 4 is 33.3 Å². The second kappa shape index (κ2) is 7.62. The first-order chi connectivity index (χ1) is 13.2. The van der Waals surface area contributed by atoms with Crippen molar-refractivity contribution in [3.63, 3.8) is 0 Å². The Labute approximate surface area is 162 Å². The van der Waals surface area contributed by atoms with E-state index in [2.05, 4.69) is 56.3 Å². The van der Waals surface area contributed by atoms with Crippen molar-refractivity contribution in [2.24, 2.45) is 0 Å². The number of hydrogen-bond acceptors (Lipinski definition) is 6. The van der Waals surface area contributed by atoms with E-state index in [-0.39, 0.29) is 5.91 Å². The molecule has 0 aliphatic carbocycles. The van der Waals surface area contributed by atoms with Crippen molar-refractivity contribution in [3.05, 3.63) is 53.2 Å². The van der Waals surface area contributed by atoms with Gasteiger partial charge in [-0.05, 0) is 24.6 Å². The molecule has 140 valence electrons. The van der Waals surface area contributed by atoms with E-state index in [1.807, 2.05) is 12.3 Å². The maximum absolute atomic E-state index is 11.7. The van der Waals surface area contributed by atoms with Gasteiger partial charge in [0.2, 0.25) is 0 Å². The molecule has 0 saturated carbocycles. The molecule has 2 aromatic heterocycles. The predicted molar refractivity (Wildman–Crippen MR) is 109 cm³/mol. The summed E-state index contributed by atoms with van der Waals surface area (Å²) in [6.07, 6.45) is 3.51. The Bertz CT molecular complexity index is 948. The van der Waals surface area contributed by atoms with Crippen LogP contribution in [0.2, 0.25) is 0 Å². The van der Waals surface area contributed by atoms with Crippen molar-refractivity contribution in [2.75, 3.05) is 38.1 Å². The molecule has 4 rings (SSSR count). The number of pyridine rings is 1. The van der Waals surface area contributed by atoms with E-state index in [1.54, 1.807) is 13.2 Å². The molecule has 6 nitrogen and oxygen atoms in total. The molecule has 3 heterocycles. The van der Waals surface area contributed by atoms with Crippen LogP contribution in [0.4, 0.5) is 5.13 Å². The smallest absolute Gasteiger partial charge is 0.262 e. The van der Waals surface area contributed by atoms with Gasteiger partial charge in [0.25, 0.3) is 5.91 Å². The van der Waals surface area contributed by atoms with Gasteiger partial charge < -0.3 is 10.2 Å².